The van der Waals surface area contributed by atoms with Gasteiger partial charge in [0.1, 0.15) is 0 Å². The maximum absolute atomic E-state index is 12.7. The highest BCUT2D eigenvalue weighted by Gasteiger charge is 2.24. The summed E-state index contributed by atoms with van der Waals surface area (Å²) >= 11 is 0. The molecule has 2 amide bonds. The molecule has 1 saturated carbocycles. The van der Waals surface area contributed by atoms with Crippen molar-refractivity contribution in [3.05, 3.63) is 59.7 Å². The summed E-state index contributed by atoms with van der Waals surface area (Å²) in [5.41, 5.74) is 1.60. The Kier molecular flexibility index (Phi) is 6.34. The second-order valence-electron chi connectivity index (χ2n) is 7.31. The standard InChI is InChI=1S/C21H25N3O4S/c1-15(25)24(2)14-18-6-3-4-9-20(18)23-21(26)17-7-5-8-19(12-17)29(27,28)22-13-16-10-11-16/h3-9,12,16,22H,10-11,13-14H2,1-2H3,(H,23,26). The Hall–Kier alpha value is -2.71. The van der Waals surface area contributed by atoms with Crippen LogP contribution in [-0.2, 0) is 21.4 Å². The highest BCUT2D eigenvalue weighted by Crippen LogP contribution is 2.28. The zero-order valence-electron chi connectivity index (χ0n) is 16.5. The van der Waals surface area contributed by atoms with Crippen LogP contribution in [-0.4, -0.2) is 38.7 Å². The van der Waals surface area contributed by atoms with E-state index in [1.54, 1.807) is 36.2 Å². The lowest BCUT2D eigenvalue weighted by Gasteiger charge is -2.18. The van der Waals surface area contributed by atoms with E-state index in [-0.39, 0.29) is 16.4 Å². The maximum Gasteiger partial charge on any atom is 0.255 e. The summed E-state index contributed by atoms with van der Waals surface area (Å²) in [6.45, 7) is 2.26. The average molecular weight is 416 g/mol. The lowest BCUT2D eigenvalue weighted by Crippen LogP contribution is -2.26. The minimum Gasteiger partial charge on any atom is -0.342 e. The molecule has 154 valence electrons. The van der Waals surface area contributed by atoms with Crippen LogP contribution in [0.4, 0.5) is 5.69 Å². The van der Waals surface area contributed by atoms with Crippen molar-refractivity contribution in [2.45, 2.75) is 31.2 Å². The molecule has 0 heterocycles. The molecule has 0 atom stereocenters. The number of nitrogens with one attached hydrogen (secondary N) is 2. The molecule has 1 aliphatic rings. The quantitative estimate of drug-likeness (QED) is 0.693. The monoisotopic (exact) mass is 415 g/mol. The first-order chi connectivity index (χ1) is 13.8. The van der Waals surface area contributed by atoms with Crippen LogP contribution in [0.2, 0.25) is 0 Å². The molecule has 0 radical (unpaired) electrons. The van der Waals surface area contributed by atoms with Crippen molar-refractivity contribution in [3.8, 4) is 0 Å². The van der Waals surface area contributed by atoms with Crippen LogP contribution in [0.25, 0.3) is 0 Å². The van der Waals surface area contributed by atoms with Gasteiger partial charge in [-0.05, 0) is 48.6 Å². The molecule has 2 aromatic rings. The van der Waals surface area contributed by atoms with Gasteiger partial charge in [0, 0.05) is 38.3 Å². The van der Waals surface area contributed by atoms with Crippen molar-refractivity contribution in [2.75, 3.05) is 18.9 Å². The Morgan fingerprint density at radius 3 is 2.52 bits per heavy atom. The maximum atomic E-state index is 12.7. The van der Waals surface area contributed by atoms with Crippen LogP contribution in [0.1, 0.15) is 35.7 Å². The summed E-state index contributed by atoms with van der Waals surface area (Å²) in [6, 6.07) is 13.2. The molecule has 3 rings (SSSR count). The second-order valence-corrected chi connectivity index (χ2v) is 9.08. The van der Waals surface area contributed by atoms with Gasteiger partial charge in [-0.15, -0.1) is 0 Å². The lowest BCUT2D eigenvalue weighted by atomic mass is 10.1. The van der Waals surface area contributed by atoms with Crippen molar-refractivity contribution in [1.82, 2.24) is 9.62 Å². The molecular formula is C21H25N3O4S. The second kappa shape index (κ2) is 8.75. The van der Waals surface area contributed by atoms with Gasteiger partial charge in [-0.1, -0.05) is 24.3 Å². The van der Waals surface area contributed by atoms with E-state index in [1.165, 1.54) is 19.1 Å². The summed E-state index contributed by atoms with van der Waals surface area (Å²) < 4.78 is 27.5. The molecule has 0 unspecified atom stereocenters. The highest BCUT2D eigenvalue weighted by molar-refractivity contribution is 7.89. The number of carbonyl (C=O) groups is 2. The molecule has 29 heavy (non-hydrogen) atoms. The fourth-order valence-corrected chi connectivity index (χ4v) is 3.94. The third-order valence-electron chi connectivity index (χ3n) is 4.88. The number of sulfonamides is 1. The smallest absolute Gasteiger partial charge is 0.255 e. The zero-order valence-corrected chi connectivity index (χ0v) is 17.3. The summed E-state index contributed by atoms with van der Waals surface area (Å²) in [6.07, 6.45) is 2.09. The fourth-order valence-electron chi connectivity index (χ4n) is 2.78. The number of rotatable bonds is 8. The Balaban J connectivity index is 1.75. The fraction of sp³-hybridized carbons (Fsp3) is 0.333. The van der Waals surface area contributed by atoms with E-state index in [0.29, 0.717) is 24.7 Å². The first kappa shape index (κ1) is 21.0. The predicted molar refractivity (Wildman–Crippen MR) is 111 cm³/mol. The molecule has 1 fully saturated rings. The van der Waals surface area contributed by atoms with Gasteiger partial charge >= 0.3 is 0 Å². The van der Waals surface area contributed by atoms with Crippen LogP contribution in [0, 0.1) is 5.92 Å². The number of hydrogen-bond acceptors (Lipinski definition) is 4. The molecule has 0 aromatic heterocycles. The lowest BCUT2D eigenvalue weighted by molar-refractivity contribution is -0.128. The van der Waals surface area contributed by atoms with Crippen molar-refractivity contribution in [1.29, 1.82) is 0 Å². The number of carbonyl (C=O) groups excluding carboxylic acids is 2. The number of hydrogen-bond donors (Lipinski definition) is 2. The van der Waals surface area contributed by atoms with Crippen molar-refractivity contribution < 1.29 is 18.0 Å². The van der Waals surface area contributed by atoms with E-state index in [0.717, 1.165) is 18.4 Å². The topological polar surface area (TPSA) is 95.6 Å². The Bertz CT molecular complexity index is 1020. The number of benzene rings is 2. The number of amides is 2. The minimum atomic E-state index is -3.65. The Morgan fingerprint density at radius 2 is 1.83 bits per heavy atom. The summed E-state index contributed by atoms with van der Waals surface area (Å²) in [5, 5.41) is 2.82. The predicted octanol–water partition coefficient (Wildman–Crippen LogP) is 2.61. The van der Waals surface area contributed by atoms with Gasteiger partial charge in [0.05, 0.1) is 4.90 Å². The highest BCUT2D eigenvalue weighted by atomic mass is 32.2. The van der Waals surface area contributed by atoms with Gasteiger partial charge < -0.3 is 10.2 Å². The van der Waals surface area contributed by atoms with Crippen LogP contribution in [0.5, 0.6) is 0 Å². The molecule has 2 aromatic carbocycles. The van der Waals surface area contributed by atoms with E-state index in [1.807, 2.05) is 12.1 Å². The molecule has 2 N–H and O–H groups in total. The molecule has 7 nitrogen and oxygen atoms in total. The molecule has 1 aliphatic carbocycles. The van der Waals surface area contributed by atoms with Crippen LogP contribution < -0.4 is 10.0 Å². The van der Waals surface area contributed by atoms with E-state index >= 15 is 0 Å². The van der Waals surface area contributed by atoms with E-state index in [4.69, 9.17) is 0 Å². The first-order valence-corrected chi connectivity index (χ1v) is 11.0. The normalized spacial score (nSPS) is 13.7. The van der Waals surface area contributed by atoms with Gasteiger partial charge in [-0.3, -0.25) is 9.59 Å². The molecule has 0 bridgehead atoms. The van der Waals surface area contributed by atoms with Gasteiger partial charge in [0.25, 0.3) is 5.91 Å². The largest absolute Gasteiger partial charge is 0.342 e. The van der Waals surface area contributed by atoms with E-state index in [9.17, 15) is 18.0 Å². The zero-order chi connectivity index (χ0) is 21.0. The third-order valence-corrected chi connectivity index (χ3v) is 6.30. The molecule has 8 heteroatoms. The Labute approximate surface area is 171 Å². The van der Waals surface area contributed by atoms with Crippen molar-refractivity contribution in [2.24, 2.45) is 5.92 Å². The van der Waals surface area contributed by atoms with Crippen molar-refractivity contribution in [3.63, 3.8) is 0 Å². The van der Waals surface area contributed by atoms with E-state index < -0.39 is 15.9 Å². The molecular weight excluding hydrogens is 390 g/mol. The minimum absolute atomic E-state index is 0.0652. The number of nitrogens with zero attached hydrogens (tertiary/aromatic N) is 1. The van der Waals surface area contributed by atoms with Gasteiger partial charge in [0.15, 0.2) is 0 Å². The van der Waals surface area contributed by atoms with Gasteiger partial charge in [-0.25, -0.2) is 13.1 Å². The molecule has 0 saturated heterocycles. The SMILES string of the molecule is CC(=O)N(C)Cc1ccccc1NC(=O)c1cccc(S(=O)(=O)NCC2CC2)c1. The number of anilines is 1. The summed E-state index contributed by atoms with van der Waals surface area (Å²) in [7, 11) is -1.97. The average Bonchev–Trinajstić information content (AvgIpc) is 3.52. The first-order valence-electron chi connectivity index (χ1n) is 9.47. The van der Waals surface area contributed by atoms with Gasteiger partial charge in [0.2, 0.25) is 15.9 Å². The van der Waals surface area contributed by atoms with E-state index in [2.05, 4.69) is 10.0 Å². The summed E-state index contributed by atoms with van der Waals surface area (Å²) in [4.78, 5) is 25.9. The van der Waals surface area contributed by atoms with Crippen LogP contribution in [0.15, 0.2) is 53.4 Å². The molecule has 0 aliphatic heterocycles. The Morgan fingerprint density at radius 1 is 1.10 bits per heavy atom. The van der Waals surface area contributed by atoms with Crippen LogP contribution >= 0.6 is 0 Å². The van der Waals surface area contributed by atoms with Crippen LogP contribution in [0.3, 0.4) is 0 Å². The third kappa shape index (κ3) is 5.65. The van der Waals surface area contributed by atoms with Crippen molar-refractivity contribution >= 4 is 27.5 Å². The van der Waals surface area contributed by atoms with Gasteiger partial charge in [-0.2, -0.15) is 0 Å². The molecule has 0 spiro atoms. The number of para-hydroxylation sites is 1. The summed E-state index contributed by atoms with van der Waals surface area (Å²) in [5.74, 6) is -0.0780.